The number of benzene rings is 2. The van der Waals surface area contributed by atoms with Crippen LogP contribution in [-0.4, -0.2) is 11.8 Å². The van der Waals surface area contributed by atoms with Crippen molar-refractivity contribution in [1.82, 2.24) is 5.32 Å². The SMILES string of the molecule is CC(=O)N/C(=C\c1ccccc1C)C(=O)Nc1ccccc1Br. The van der Waals surface area contributed by atoms with Gasteiger partial charge in [-0.25, -0.2) is 0 Å². The summed E-state index contributed by atoms with van der Waals surface area (Å²) in [5.41, 5.74) is 2.73. The first-order valence-electron chi connectivity index (χ1n) is 7.08. The van der Waals surface area contributed by atoms with Gasteiger partial charge in [0.2, 0.25) is 5.91 Å². The van der Waals surface area contributed by atoms with Crippen molar-refractivity contribution in [3.8, 4) is 0 Å². The fourth-order valence-corrected chi connectivity index (χ4v) is 2.39. The minimum atomic E-state index is -0.379. The molecule has 0 aliphatic carbocycles. The highest BCUT2D eigenvalue weighted by Gasteiger charge is 2.13. The average molecular weight is 373 g/mol. The number of nitrogens with one attached hydrogen (secondary N) is 2. The number of amides is 2. The molecular weight excluding hydrogens is 356 g/mol. The Morgan fingerprint density at radius 3 is 2.35 bits per heavy atom. The third-order valence-corrected chi connectivity index (χ3v) is 3.86. The summed E-state index contributed by atoms with van der Waals surface area (Å²) in [6, 6.07) is 14.9. The second kappa shape index (κ2) is 7.74. The van der Waals surface area contributed by atoms with Crippen molar-refractivity contribution in [3.05, 3.63) is 69.8 Å². The number of halogens is 1. The van der Waals surface area contributed by atoms with Gasteiger partial charge in [0, 0.05) is 11.4 Å². The fraction of sp³-hybridized carbons (Fsp3) is 0.111. The molecule has 118 valence electrons. The summed E-state index contributed by atoms with van der Waals surface area (Å²) in [6.07, 6.45) is 1.67. The summed E-state index contributed by atoms with van der Waals surface area (Å²) < 4.78 is 0.770. The van der Waals surface area contributed by atoms with Crippen LogP contribution in [-0.2, 0) is 9.59 Å². The highest BCUT2D eigenvalue weighted by molar-refractivity contribution is 9.10. The van der Waals surface area contributed by atoms with E-state index in [1.54, 1.807) is 12.1 Å². The van der Waals surface area contributed by atoms with Crippen LogP contribution < -0.4 is 10.6 Å². The van der Waals surface area contributed by atoms with Gasteiger partial charge in [-0.3, -0.25) is 9.59 Å². The molecule has 2 rings (SSSR count). The lowest BCUT2D eigenvalue weighted by molar-refractivity contribution is -0.120. The minimum Gasteiger partial charge on any atom is -0.322 e. The summed E-state index contributed by atoms with van der Waals surface area (Å²) in [5.74, 6) is -0.678. The quantitative estimate of drug-likeness (QED) is 0.800. The first-order chi connectivity index (χ1) is 11.0. The van der Waals surface area contributed by atoms with E-state index < -0.39 is 0 Å². The van der Waals surface area contributed by atoms with E-state index in [9.17, 15) is 9.59 Å². The van der Waals surface area contributed by atoms with Crippen LogP contribution in [0, 0.1) is 6.92 Å². The van der Waals surface area contributed by atoms with Gasteiger partial charge in [0.25, 0.3) is 5.91 Å². The van der Waals surface area contributed by atoms with Crippen molar-refractivity contribution in [2.75, 3.05) is 5.32 Å². The normalized spacial score (nSPS) is 11.0. The van der Waals surface area contributed by atoms with Gasteiger partial charge in [0.1, 0.15) is 5.70 Å². The number of hydrogen-bond acceptors (Lipinski definition) is 2. The number of carbonyl (C=O) groups is 2. The molecule has 2 aromatic rings. The standard InChI is InChI=1S/C18H17BrN2O2/c1-12-7-3-4-8-14(12)11-17(20-13(2)22)18(23)21-16-10-6-5-9-15(16)19/h3-11H,1-2H3,(H,20,22)(H,21,23)/b17-11-. The van der Waals surface area contributed by atoms with Crippen LogP contribution >= 0.6 is 15.9 Å². The molecule has 0 atom stereocenters. The molecule has 23 heavy (non-hydrogen) atoms. The van der Waals surface area contributed by atoms with Gasteiger partial charge in [-0.15, -0.1) is 0 Å². The molecule has 2 aromatic carbocycles. The highest BCUT2D eigenvalue weighted by Crippen LogP contribution is 2.22. The van der Waals surface area contributed by atoms with Crippen LogP contribution in [0.3, 0.4) is 0 Å². The molecule has 0 aliphatic heterocycles. The highest BCUT2D eigenvalue weighted by atomic mass is 79.9. The smallest absolute Gasteiger partial charge is 0.272 e. The van der Waals surface area contributed by atoms with Crippen molar-refractivity contribution >= 4 is 39.5 Å². The second-order valence-corrected chi connectivity index (χ2v) is 5.88. The summed E-state index contributed by atoms with van der Waals surface area (Å²) in [6.45, 7) is 3.32. The summed E-state index contributed by atoms with van der Waals surface area (Å²) in [5, 5.41) is 5.38. The molecule has 0 saturated heterocycles. The number of hydrogen-bond donors (Lipinski definition) is 2. The lowest BCUT2D eigenvalue weighted by Gasteiger charge is -2.11. The Morgan fingerprint density at radius 2 is 1.70 bits per heavy atom. The first-order valence-corrected chi connectivity index (χ1v) is 7.87. The van der Waals surface area contributed by atoms with Crippen LogP contribution in [0.1, 0.15) is 18.1 Å². The number of aryl methyl sites for hydroxylation is 1. The monoisotopic (exact) mass is 372 g/mol. The molecule has 4 nitrogen and oxygen atoms in total. The summed E-state index contributed by atoms with van der Waals surface area (Å²) in [4.78, 5) is 23.9. The van der Waals surface area contributed by atoms with Gasteiger partial charge in [-0.1, -0.05) is 36.4 Å². The summed E-state index contributed by atoms with van der Waals surface area (Å²) >= 11 is 3.38. The molecule has 2 amide bonds. The van der Waals surface area contributed by atoms with E-state index in [1.807, 2.05) is 49.4 Å². The maximum atomic E-state index is 12.5. The molecule has 0 unspecified atom stereocenters. The number of anilines is 1. The van der Waals surface area contributed by atoms with Crippen LogP contribution in [0.15, 0.2) is 58.7 Å². The molecule has 0 aliphatic rings. The van der Waals surface area contributed by atoms with Crippen LogP contribution in [0.25, 0.3) is 6.08 Å². The number of carbonyl (C=O) groups excluding carboxylic acids is 2. The Kier molecular flexibility index (Phi) is 5.71. The van der Waals surface area contributed by atoms with Crippen molar-refractivity contribution in [2.45, 2.75) is 13.8 Å². The average Bonchev–Trinajstić information content (AvgIpc) is 2.50. The number of para-hydroxylation sites is 1. The van der Waals surface area contributed by atoms with E-state index in [4.69, 9.17) is 0 Å². The van der Waals surface area contributed by atoms with Crippen LogP contribution in [0.4, 0.5) is 5.69 Å². The molecule has 5 heteroatoms. The Morgan fingerprint density at radius 1 is 1.04 bits per heavy atom. The van der Waals surface area contributed by atoms with E-state index in [-0.39, 0.29) is 17.5 Å². The predicted molar refractivity (Wildman–Crippen MR) is 95.7 cm³/mol. The van der Waals surface area contributed by atoms with Crippen LogP contribution in [0.2, 0.25) is 0 Å². The molecule has 0 bridgehead atoms. The molecule has 0 spiro atoms. The molecule has 0 saturated carbocycles. The van der Waals surface area contributed by atoms with Crippen molar-refractivity contribution in [1.29, 1.82) is 0 Å². The van der Waals surface area contributed by atoms with E-state index in [0.29, 0.717) is 5.69 Å². The Balaban J connectivity index is 2.31. The maximum Gasteiger partial charge on any atom is 0.272 e. The predicted octanol–water partition coefficient (Wildman–Crippen LogP) is 3.87. The molecule has 2 N–H and O–H groups in total. The van der Waals surface area contributed by atoms with Crippen LogP contribution in [0.5, 0.6) is 0 Å². The van der Waals surface area contributed by atoms with Gasteiger partial charge in [0.05, 0.1) is 5.69 Å². The zero-order valence-electron chi connectivity index (χ0n) is 12.9. The maximum absolute atomic E-state index is 12.5. The molecule has 0 fully saturated rings. The largest absolute Gasteiger partial charge is 0.322 e. The van der Waals surface area contributed by atoms with E-state index >= 15 is 0 Å². The fourth-order valence-electron chi connectivity index (χ4n) is 2.00. The molecule has 0 aromatic heterocycles. The second-order valence-electron chi connectivity index (χ2n) is 5.03. The minimum absolute atomic E-state index is 0.197. The van der Waals surface area contributed by atoms with E-state index in [0.717, 1.165) is 15.6 Å². The van der Waals surface area contributed by atoms with Gasteiger partial charge in [-0.2, -0.15) is 0 Å². The van der Waals surface area contributed by atoms with Gasteiger partial charge in [0.15, 0.2) is 0 Å². The zero-order chi connectivity index (χ0) is 16.8. The third-order valence-electron chi connectivity index (χ3n) is 3.17. The molecular formula is C18H17BrN2O2. The van der Waals surface area contributed by atoms with Crippen molar-refractivity contribution in [2.24, 2.45) is 0 Å². The van der Waals surface area contributed by atoms with Crippen molar-refractivity contribution < 1.29 is 9.59 Å². The summed E-state index contributed by atoms with van der Waals surface area (Å²) in [7, 11) is 0. The lowest BCUT2D eigenvalue weighted by atomic mass is 10.1. The van der Waals surface area contributed by atoms with Crippen molar-refractivity contribution in [3.63, 3.8) is 0 Å². The van der Waals surface area contributed by atoms with E-state index in [2.05, 4.69) is 26.6 Å². The van der Waals surface area contributed by atoms with Gasteiger partial charge in [-0.05, 0) is 52.2 Å². The number of rotatable bonds is 4. The third kappa shape index (κ3) is 4.79. The van der Waals surface area contributed by atoms with E-state index in [1.165, 1.54) is 6.92 Å². The van der Waals surface area contributed by atoms with Gasteiger partial charge < -0.3 is 10.6 Å². The Hall–Kier alpha value is -2.40. The topological polar surface area (TPSA) is 58.2 Å². The molecule has 0 radical (unpaired) electrons. The lowest BCUT2D eigenvalue weighted by Crippen LogP contribution is -2.29. The Bertz CT molecular complexity index is 769. The zero-order valence-corrected chi connectivity index (χ0v) is 14.5. The Labute approximate surface area is 143 Å². The molecule has 0 heterocycles. The first kappa shape index (κ1) is 17.0. The van der Waals surface area contributed by atoms with Gasteiger partial charge >= 0.3 is 0 Å².